The second-order valence-corrected chi connectivity index (χ2v) is 9.86. The predicted molar refractivity (Wildman–Crippen MR) is 163 cm³/mol. The molecule has 209 valence electrons. The standard InChI is InChI=1S/C22H13N2.C13H24O2.Ir/c1-2-7-17-13-18(10-9-15(17)5-1)21-20-12-11-16-6-3-4-8-19(16)22(20)24-14-23-21;1-5-10(6-2)12(14)9-13(15)11(7-3)8-4;/h1-12,14H;9-11,14H,5-8H2,1-4H3;/q-1;;/b;12-9-;. The Morgan fingerprint density at radius 1 is 0.775 bits per heavy atom. The van der Waals surface area contributed by atoms with E-state index in [-0.39, 0.29) is 43.5 Å². The van der Waals surface area contributed by atoms with E-state index in [1.807, 2.05) is 52.0 Å². The molecule has 0 unspecified atom stereocenters. The average molecular weight is 710 g/mol. The third-order valence-electron chi connectivity index (χ3n) is 7.53. The predicted octanol–water partition coefficient (Wildman–Crippen LogP) is 9.27. The van der Waals surface area contributed by atoms with Crippen LogP contribution in [0, 0.1) is 17.9 Å². The van der Waals surface area contributed by atoms with Gasteiger partial charge in [-0.25, -0.2) is 4.98 Å². The van der Waals surface area contributed by atoms with E-state index in [0.29, 0.717) is 0 Å². The number of allylic oxidation sites excluding steroid dienone is 2. The maximum atomic E-state index is 11.7. The van der Waals surface area contributed by atoms with Gasteiger partial charge in [-0.15, -0.1) is 29.7 Å². The molecule has 0 aliphatic heterocycles. The molecule has 0 fully saturated rings. The Hall–Kier alpha value is -3.40. The summed E-state index contributed by atoms with van der Waals surface area (Å²) in [6.07, 6.45) is 6.55. The van der Waals surface area contributed by atoms with Crippen molar-refractivity contribution in [3.8, 4) is 11.3 Å². The van der Waals surface area contributed by atoms with Crippen molar-refractivity contribution in [2.75, 3.05) is 0 Å². The Bertz CT molecular complexity index is 1600. The smallest absolute Gasteiger partial charge is 0.162 e. The molecule has 1 radical (unpaired) electrons. The molecule has 0 aliphatic rings. The van der Waals surface area contributed by atoms with Crippen LogP contribution >= 0.6 is 0 Å². The maximum absolute atomic E-state index is 11.7. The number of benzene rings is 4. The fourth-order valence-electron chi connectivity index (χ4n) is 5.05. The molecule has 40 heavy (non-hydrogen) atoms. The van der Waals surface area contributed by atoms with Crippen molar-refractivity contribution < 1.29 is 30.0 Å². The minimum atomic E-state index is 0. The normalized spacial score (nSPS) is 11.5. The fourth-order valence-corrected chi connectivity index (χ4v) is 5.05. The SMILES string of the molecule is CCC(CC)C(=O)/C=C(\O)C(CC)CC.[Ir].[c-]1c(-c2ncnc3c2ccc2ccccc23)ccc2ccccc12. The van der Waals surface area contributed by atoms with Gasteiger partial charge in [-0.3, -0.25) is 9.78 Å². The van der Waals surface area contributed by atoms with Gasteiger partial charge in [0.25, 0.3) is 0 Å². The second kappa shape index (κ2) is 14.8. The average Bonchev–Trinajstić information content (AvgIpc) is 2.98. The van der Waals surface area contributed by atoms with Gasteiger partial charge in [-0.05, 0) is 36.5 Å². The number of hydrogen-bond donors (Lipinski definition) is 1. The Morgan fingerprint density at radius 3 is 2.10 bits per heavy atom. The van der Waals surface area contributed by atoms with Crippen molar-refractivity contribution in [1.29, 1.82) is 0 Å². The van der Waals surface area contributed by atoms with Crippen molar-refractivity contribution in [1.82, 2.24) is 9.97 Å². The summed E-state index contributed by atoms with van der Waals surface area (Å²) in [5.74, 6) is 0.547. The number of nitrogens with zero attached hydrogens (tertiary/aromatic N) is 2. The van der Waals surface area contributed by atoms with Gasteiger partial charge in [-0.1, -0.05) is 93.2 Å². The third kappa shape index (κ3) is 7.02. The number of ketones is 1. The van der Waals surface area contributed by atoms with Gasteiger partial charge in [0.15, 0.2) is 5.78 Å². The molecule has 0 amide bonds. The monoisotopic (exact) mass is 710 g/mol. The summed E-state index contributed by atoms with van der Waals surface area (Å²) in [4.78, 5) is 20.8. The molecule has 1 aromatic heterocycles. The molecular weight excluding hydrogens is 673 g/mol. The molecule has 0 bridgehead atoms. The molecule has 1 heterocycles. The first-order valence-electron chi connectivity index (χ1n) is 14.0. The van der Waals surface area contributed by atoms with E-state index in [2.05, 4.69) is 64.6 Å². The van der Waals surface area contributed by atoms with E-state index in [4.69, 9.17) is 0 Å². The van der Waals surface area contributed by atoms with Gasteiger partial charge in [-0.2, -0.15) is 0 Å². The Morgan fingerprint density at radius 2 is 1.40 bits per heavy atom. The van der Waals surface area contributed by atoms with E-state index < -0.39 is 0 Å². The summed E-state index contributed by atoms with van der Waals surface area (Å²) < 4.78 is 0. The quantitative estimate of drug-likeness (QED) is 0.0756. The summed E-state index contributed by atoms with van der Waals surface area (Å²) in [6, 6.07) is 28.5. The van der Waals surface area contributed by atoms with Crippen LogP contribution in [0.5, 0.6) is 0 Å². The van der Waals surface area contributed by atoms with E-state index in [9.17, 15) is 9.90 Å². The van der Waals surface area contributed by atoms with Crippen LogP contribution in [0.1, 0.15) is 53.4 Å². The Kier molecular flexibility index (Phi) is 11.5. The zero-order valence-corrected chi connectivity index (χ0v) is 26.0. The van der Waals surface area contributed by atoms with Gasteiger partial charge >= 0.3 is 0 Å². The summed E-state index contributed by atoms with van der Waals surface area (Å²) in [5.41, 5.74) is 2.91. The first-order chi connectivity index (χ1) is 19.0. The van der Waals surface area contributed by atoms with Crippen molar-refractivity contribution in [2.45, 2.75) is 53.4 Å². The molecule has 0 aliphatic carbocycles. The van der Waals surface area contributed by atoms with Crippen molar-refractivity contribution in [2.24, 2.45) is 11.8 Å². The molecule has 0 saturated carbocycles. The minimum Gasteiger partial charge on any atom is -0.512 e. The van der Waals surface area contributed by atoms with Gasteiger partial charge in [0.05, 0.1) is 11.3 Å². The van der Waals surface area contributed by atoms with E-state index in [1.165, 1.54) is 16.8 Å². The van der Waals surface area contributed by atoms with Crippen molar-refractivity contribution >= 4 is 38.2 Å². The summed E-state index contributed by atoms with van der Waals surface area (Å²) in [5, 5.41) is 15.4. The molecular formula is C35H37IrN2O2-. The van der Waals surface area contributed by atoms with Crippen LogP contribution in [0.15, 0.2) is 91.0 Å². The molecule has 0 atom stereocenters. The zero-order valence-electron chi connectivity index (χ0n) is 23.6. The van der Waals surface area contributed by atoms with Gasteiger partial charge in [0, 0.05) is 49.1 Å². The van der Waals surface area contributed by atoms with Crippen LogP contribution in [-0.4, -0.2) is 20.9 Å². The van der Waals surface area contributed by atoms with Gasteiger partial charge < -0.3 is 5.11 Å². The van der Waals surface area contributed by atoms with Crippen LogP contribution in [-0.2, 0) is 24.9 Å². The van der Waals surface area contributed by atoms with Crippen LogP contribution < -0.4 is 0 Å². The third-order valence-corrected chi connectivity index (χ3v) is 7.53. The molecule has 0 spiro atoms. The molecule has 5 heteroatoms. The van der Waals surface area contributed by atoms with Crippen LogP contribution in [0.4, 0.5) is 0 Å². The number of carbonyl (C=O) groups excluding carboxylic acids is 1. The topological polar surface area (TPSA) is 63.1 Å². The molecule has 5 rings (SSSR count). The maximum Gasteiger partial charge on any atom is 0.162 e. The van der Waals surface area contributed by atoms with Crippen LogP contribution in [0.2, 0.25) is 0 Å². The molecule has 1 N–H and O–H groups in total. The number of fused-ring (bicyclic) bond motifs is 4. The van der Waals surface area contributed by atoms with Gasteiger partial charge in [0.2, 0.25) is 0 Å². The van der Waals surface area contributed by atoms with Crippen LogP contribution in [0.25, 0.3) is 43.7 Å². The summed E-state index contributed by atoms with van der Waals surface area (Å²) >= 11 is 0. The number of hydrogen-bond acceptors (Lipinski definition) is 4. The largest absolute Gasteiger partial charge is 0.512 e. The van der Waals surface area contributed by atoms with E-state index >= 15 is 0 Å². The zero-order chi connectivity index (χ0) is 27.8. The van der Waals surface area contributed by atoms with Crippen molar-refractivity contribution in [3.63, 3.8) is 0 Å². The number of aliphatic hydroxyl groups excluding tert-OH is 1. The first-order valence-corrected chi connectivity index (χ1v) is 14.0. The molecule has 0 saturated heterocycles. The van der Waals surface area contributed by atoms with Gasteiger partial charge in [0.1, 0.15) is 6.33 Å². The number of aromatic nitrogens is 2. The minimum absolute atomic E-state index is 0. The molecule has 4 aromatic carbocycles. The Labute approximate surface area is 250 Å². The number of rotatable bonds is 8. The summed E-state index contributed by atoms with van der Waals surface area (Å²) in [7, 11) is 0. The Balaban J connectivity index is 0.000000243. The fraction of sp³-hybridized carbons (Fsp3) is 0.286. The number of aliphatic hydroxyl groups is 1. The molecule has 5 aromatic rings. The molecule has 4 nitrogen and oxygen atoms in total. The van der Waals surface area contributed by atoms with Crippen molar-refractivity contribution in [3.05, 3.63) is 97.0 Å². The van der Waals surface area contributed by atoms with E-state index in [1.54, 1.807) is 6.33 Å². The van der Waals surface area contributed by atoms with E-state index in [0.717, 1.165) is 58.6 Å². The van der Waals surface area contributed by atoms with Crippen LogP contribution in [0.3, 0.4) is 0 Å². The first kappa shape index (κ1) is 31.1. The number of carbonyl (C=O) groups is 1. The second-order valence-electron chi connectivity index (χ2n) is 9.86. The summed E-state index contributed by atoms with van der Waals surface area (Å²) in [6.45, 7) is 8.07.